The molecule has 1 unspecified atom stereocenters. The summed E-state index contributed by atoms with van der Waals surface area (Å²) in [6, 6.07) is 0.257. The minimum absolute atomic E-state index is 0.257. The Morgan fingerprint density at radius 2 is 2.22 bits per heavy atom. The van der Waals surface area contributed by atoms with Gasteiger partial charge < -0.3 is 14.6 Å². The number of ether oxygens (including phenoxy) is 1. The number of anilines is 1. The first-order valence-corrected chi connectivity index (χ1v) is 9.74. The molecule has 3 aliphatic rings. The van der Waals surface area contributed by atoms with Gasteiger partial charge in [0, 0.05) is 19.4 Å². The van der Waals surface area contributed by atoms with E-state index < -0.39 is 0 Å². The van der Waals surface area contributed by atoms with Gasteiger partial charge in [0.25, 0.3) is 0 Å². The van der Waals surface area contributed by atoms with Gasteiger partial charge in [0.2, 0.25) is 0 Å². The number of carbonyl (C=O) groups is 1. The van der Waals surface area contributed by atoms with Crippen LogP contribution in [0.5, 0.6) is 0 Å². The number of Topliss-reactive ketones (excluding diaryl/α,β-unsaturated/α-hetero) is 1. The predicted octanol–water partition coefficient (Wildman–Crippen LogP) is 2.92. The second-order valence-corrected chi connectivity index (χ2v) is 7.58. The third-order valence-corrected chi connectivity index (χ3v) is 5.94. The van der Waals surface area contributed by atoms with Crippen LogP contribution in [0.25, 0.3) is 11.2 Å². The average Bonchev–Trinajstić information content (AvgIpc) is 3.35. The third kappa shape index (κ3) is 3.01. The van der Waals surface area contributed by atoms with Gasteiger partial charge in [-0.05, 0) is 43.3 Å². The highest BCUT2D eigenvalue weighted by Crippen LogP contribution is 2.37. The van der Waals surface area contributed by atoms with Gasteiger partial charge in [0.15, 0.2) is 11.5 Å². The maximum atomic E-state index is 11.9. The normalized spacial score (nSPS) is 25.3. The number of nitrogens with zero attached hydrogens (tertiary/aromatic N) is 4. The molecule has 7 heteroatoms. The zero-order valence-electron chi connectivity index (χ0n) is 15.2. The van der Waals surface area contributed by atoms with E-state index in [1.165, 1.54) is 5.57 Å². The van der Waals surface area contributed by atoms with E-state index >= 15 is 0 Å². The number of rotatable bonds is 4. The van der Waals surface area contributed by atoms with Gasteiger partial charge in [-0.2, -0.15) is 0 Å². The first-order valence-electron chi connectivity index (χ1n) is 9.74. The van der Waals surface area contributed by atoms with Crippen molar-refractivity contribution in [3.8, 4) is 0 Å². The van der Waals surface area contributed by atoms with Gasteiger partial charge in [0.1, 0.15) is 30.0 Å². The predicted molar refractivity (Wildman–Crippen MR) is 101 cm³/mol. The summed E-state index contributed by atoms with van der Waals surface area (Å²) in [5.74, 6) is 2.63. The molecule has 27 heavy (non-hydrogen) atoms. The molecule has 2 aliphatic carbocycles. The minimum Gasteiger partial charge on any atom is -0.491 e. The van der Waals surface area contributed by atoms with Crippen LogP contribution in [0.3, 0.4) is 0 Å². The van der Waals surface area contributed by atoms with E-state index in [0.717, 1.165) is 49.3 Å². The van der Waals surface area contributed by atoms with Gasteiger partial charge in [-0.1, -0.05) is 6.08 Å². The van der Waals surface area contributed by atoms with Crippen LogP contribution in [0, 0.1) is 5.92 Å². The van der Waals surface area contributed by atoms with Gasteiger partial charge >= 0.3 is 0 Å². The van der Waals surface area contributed by atoms with E-state index in [-0.39, 0.29) is 6.04 Å². The minimum atomic E-state index is 0.257. The molecule has 1 aliphatic heterocycles. The van der Waals surface area contributed by atoms with Crippen LogP contribution in [0.2, 0.25) is 0 Å². The summed E-state index contributed by atoms with van der Waals surface area (Å²) in [7, 11) is 0. The van der Waals surface area contributed by atoms with Gasteiger partial charge in [0.05, 0.1) is 12.4 Å². The molecule has 140 valence electrons. The van der Waals surface area contributed by atoms with Crippen LogP contribution in [0.4, 0.5) is 5.82 Å². The molecule has 0 radical (unpaired) electrons. The van der Waals surface area contributed by atoms with Crippen molar-refractivity contribution in [1.82, 2.24) is 19.9 Å². The molecule has 2 aromatic heterocycles. The van der Waals surface area contributed by atoms with Crippen LogP contribution in [-0.4, -0.2) is 44.9 Å². The summed E-state index contributed by atoms with van der Waals surface area (Å²) in [5.41, 5.74) is 2.77. The van der Waals surface area contributed by atoms with E-state index in [1.807, 2.05) is 0 Å². The molecule has 0 spiro atoms. The Labute approximate surface area is 157 Å². The number of hydrogen-bond acceptors (Lipinski definition) is 6. The number of allylic oxidation sites excluding steroid dienone is 3. The Bertz CT molecular complexity index is 931. The second kappa shape index (κ2) is 6.79. The Morgan fingerprint density at radius 1 is 1.26 bits per heavy atom. The fourth-order valence-electron chi connectivity index (χ4n) is 4.53. The van der Waals surface area contributed by atoms with Gasteiger partial charge in [-0.15, -0.1) is 0 Å². The molecule has 1 saturated heterocycles. The molecule has 2 fully saturated rings. The standard InChI is InChI=1S/C20H23N5O2/c26-15-7-6-13-3-1-5-17(16(13)9-15)27-10-14-4-2-8-25(14)20-18-19(22-11-21-18)23-12-24-20/h1,5,11-14H,2-4,6-10H2,(H,21,22,23,24)/t13?,14-/m1/s1. The smallest absolute Gasteiger partial charge is 0.182 e. The number of aromatic amines is 1. The van der Waals surface area contributed by atoms with Crippen molar-refractivity contribution >= 4 is 22.8 Å². The number of aromatic nitrogens is 4. The Hall–Kier alpha value is -2.70. The Balaban J connectivity index is 1.35. The monoisotopic (exact) mass is 365 g/mol. The fourth-order valence-corrected chi connectivity index (χ4v) is 4.53. The van der Waals surface area contributed by atoms with Gasteiger partial charge in [-0.3, -0.25) is 4.79 Å². The molecule has 5 rings (SSSR count). The van der Waals surface area contributed by atoms with Crippen LogP contribution in [0.15, 0.2) is 36.1 Å². The highest BCUT2D eigenvalue weighted by Gasteiger charge is 2.31. The molecular weight excluding hydrogens is 342 g/mol. The first kappa shape index (κ1) is 16.5. The summed E-state index contributed by atoms with van der Waals surface area (Å²) < 4.78 is 6.26. The molecule has 2 aromatic rings. The van der Waals surface area contributed by atoms with Crippen LogP contribution < -0.4 is 4.90 Å². The lowest BCUT2D eigenvalue weighted by molar-refractivity contribution is -0.119. The molecule has 2 atom stereocenters. The summed E-state index contributed by atoms with van der Waals surface area (Å²) in [6.45, 7) is 1.55. The molecule has 0 bridgehead atoms. The summed E-state index contributed by atoms with van der Waals surface area (Å²) in [4.78, 5) is 30.3. The van der Waals surface area contributed by atoms with E-state index in [0.29, 0.717) is 36.8 Å². The molecule has 3 heterocycles. The first-order chi connectivity index (χ1) is 13.3. The average molecular weight is 365 g/mol. The quantitative estimate of drug-likeness (QED) is 0.897. The molecule has 0 amide bonds. The SMILES string of the molecule is O=C1CCC2CC=CC(OC[C@H]3CCCN3c3ncnc4nc[nH]c34)=C2C1. The van der Waals surface area contributed by atoms with E-state index in [9.17, 15) is 4.79 Å². The van der Waals surface area contributed by atoms with Crippen molar-refractivity contribution in [2.45, 2.75) is 44.6 Å². The highest BCUT2D eigenvalue weighted by molar-refractivity contribution is 5.83. The topological polar surface area (TPSA) is 84.0 Å². The zero-order valence-corrected chi connectivity index (χ0v) is 15.2. The number of ketones is 1. The number of carbonyl (C=O) groups excluding carboxylic acids is 1. The lowest BCUT2D eigenvalue weighted by Crippen LogP contribution is -2.34. The molecule has 1 N–H and O–H groups in total. The second-order valence-electron chi connectivity index (χ2n) is 7.58. The van der Waals surface area contributed by atoms with E-state index in [4.69, 9.17) is 4.74 Å². The van der Waals surface area contributed by atoms with Gasteiger partial charge in [-0.25, -0.2) is 15.0 Å². The fraction of sp³-hybridized carbons (Fsp3) is 0.500. The molecule has 0 aromatic carbocycles. The van der Waals surface area contributed by atoms with Crippen LogP contribution in [0.1, 0.15) is 38.5 Å². The molecular formula is C20H23N5O2. The van der Waals surface area contributed by atoms with Crippen molar-refractivity contribution in [2.24, 2.45) is 5.92 Å². The number of imidazole rings is 1. The third-order valence-electron chi connectivity index (χ3n) is 5.94. The summed E-state index contributed by atoms with van der Waals surface area (Å²) >= 11 is 0. The molecule has 1 saturated carbocycles. The Kier molecular flexibility index (Phi) is 4.14. The van der Waals surface area contributed by atoms with Crippen molar-refractivity contribution in [2.75, 3.05) is 18.1 Å². The number of nitrogens with one attached hydrogen (secondary N) is 1. The van der Waals surface area contributed by atoms with Crippen molar-refractivity contribution in [1.29, 1.82) is 0 Å². The summed E-state index contributed by atoms with van der Waals surface area (Å²) in [5, 5.41) is 0. The number of hydrogen-bond donors (Lipinski definition) is 1. The number of fused-ring (bicyclic) bond motifs is 2. The van der Waals surface area contributed by atoms with Crippen LogP contribution in [-0.2, 0) is 9.53 Å². The van der Waals surface area contributed by atoms with Crippen LogP contribution >= 0.6 is 0 Å². The van der Waals surface area contributed by atoms with E-state index in [1.54, 1.807) is 12.7 Å². The lowest BCUT2D eigenvalue weighted by Gasteiger charge is -2.30. The maximum absolute atomic E-state index is 11.9. The van der Waals surface area contributed by atoms with E-state index in [2.05, 4.69) is 37.0 Å². The highest BCUT2D eigenvalue weighted by atomic mass is 16.5. The maximum Gasteiger partial charge on any atom is 0.182 e. The zero-order chi connectivity index (χ0) is 18.2. The largest absolute Gasteiger partial charge is 0.491 e. The molecule has 7 nitrogen and oxygen atoms in total. The Morgan fingerprint density at radius 3 is 3.19 bits per heavy atom. The van der Waals surface area contributed by atoms with Crippen molar-refractivity contribution in [3.63, 3.8) is 0 Å². The summed E-state index contributed by atoms with van der Waals surface area (Å²) in [6.07, 6.45) is 12.9. The van der Waals surface area contributed by atoms with Crippen molar-refractivity contribution in [3.05, 3.63) is 36.1 Å². The van der Waals surface area contributed by atoms with Crippen molar-refractivity contribution < 1.29 is 9.53 Å². The lowest BCUT2D eigenvalue weighted by atomic mass is 9.79. The number of H-pyrrole nitrogens is 1.